The van der Waals surface area contributed by atoms with Crippen LogP contribution in [0.3, 0.4) is 0 Å². The van der Waals surface area contributed by atoms with Crippen LogP contribution in [-0.2, 0) is 4.79 Å². The lowest BCUT2D eigenvalue weighted by atomic mass is 10.1. The maximum atomic E-state index is 10.6. The van der Waals surface area contributed by atoms with Crippen LogP contribution >= 0.6 is 23.4 Å². The molecule has 0 fully saturated rings. The summed E-state index contributed by atoms with van der Waals surface area (Å²) in [7, 11) is 0. The van der Waals surface area contributed by atoms with E-state index < -0.39 is 5.97 Å². The summed E-state index contributed by atoms with van der Waals surface area (Å²) in [6.07, 6.45) is 3.07. The van der Waals surface area contributed by atoms with E-state index >= 15 is 0 Å². The van der Waals surface area contributed by atoms with E-state index in [0.717, 1.165) is 11.1 Å². The van der Waals surface area contributed by atoms with Crippen LogP contribution in [-0.4, -0.2) is 26.8 Å². The van der Waals surface area contributed by atoms with Gasteiger partial charge in [-0.05, 0) is 17.7 Å². The molecule has 0 aliphatic carbocycles. The Labute approximate surface area is 113 Å². The largest absolute Gasteiger partial charge is 0.481 e. The molecule has 6 heteroatoms. The first-order valence-electron chi connectivity index (χ1n) is 5.07. The monoisotopic (exact) mass is 280 g/mol. The number of halogens is 1. The normalized spacial score (nSPS) is 10.3. The number of aliphatic carboxylic acids is 1. The predicted molar refractivity (Wildman–Crippen MR) is 70.8 cm³/mol. The minimum absolute atomic E-state index is 0.0302. The van der Waals surface area contributed by atoms with Gasteiger partial charge >= 0.3 is 5.97 Å². The molecule has 2 aromatic rings. The van der Waals surface area contributed by atoms with Gasteiger partial charge in [-0.3, -0.25) is 4.79 Å². The summed E-state index contributed by atoms with van der Waals surface area (Å²) in [6.45, 7) is 0. The Hall–Kier alpha value is -1.59. The smallest absolute Gasteiger partial charge is 0.313 e. The maximum absolute atomic E-state index is 10.6. The van der Waals surface area contributed by atoms with Gasteiger partial charge in [0.2, 0.25) is 0 Å². The Morgan fingerprint density at radius 3 is 2.72 bits per heavy atom. The average Bonchev–Trinajstić information content (AvgIpc) is 2.38. The number of carboxylic acids is 1. The van der Waals surface area contributed by atoms with Crippen molar-refractivity contribution in [3.8, 4) is 11.1 Å². The number of carboxylic acid groups (broad SMARTS) is 1. The Morgan fingerprint density at radius 1 is 1.33 bits per heavy atom. The second kappa shape index (κ2) is 5.84. The van der Waals surface area contributed by atoms with E-state index in [1.807, 2.05) is 12.1 Å². The Kier molecular flexibility index (Phi) is 4.17. The summed E-state index contributed by atoms with van der Waals surface area (Å²) < 4.78 is 0. The molecule has 1 aromatic heterocycles. The van der Waals surface area contributed by atoms with Crippen molar-refractivity contribution in [3.63, 3.8) is 0 Å². The van der Waals surface area contributed by atoms with Gasteiger partial charge in [-0.2, -0.15) is 0 Å². The SMILES string of the molecule is O=C(O)CSc1ncncc1-c1ccc(Cl)cc1. The van der Waals surface area contributed by atoms with Crippen molar-refractivity contribution in [2.75, 3.05) is 5.75 Å². The van der Waals surface area contributed by atoms with E-state index in [2.05, 4.69) is 9.97 Å². The van der Waals surface area contributed by atoms with Gasteiger partial charge in [-0.25, -0.2) is 9.97 Å². The van der Waals surface area contributed by atoms with Crippen molar-refractivity contribution in [2.24, 2.45) is 0 Å². The fourth-order valence-corrected chi connectivity index (χ4v) is 2.22. The molecule has 0 unspecified atom stereocenters. The molecule has 0 atom stereocenters. The van der Waals surface area contributed by atoms with Gasteiger partial charge in [-0.15, -0.1) is 0 Å². The van der Waals surface area contributed by atoms with Crippen molar-refractivity contribution < 1.29 is 9.90 Å². The topological polar surface area (TPSA) is 63.1 Å². The molecule has 0 saturated carbocycles. The van der Waals surface area contributed by atoms with E-state index in [4.69, 9.17) is 16.7 Å². The van der Waals surface area contributed by atoms with Crippen LogP contribution in [0.1, 0.15) is 0 Å². The number of hydrogen-bond acceptors (Lipinski definition) is 4. The molecule has 0 aliphatic rings. The van der Waals surface area contributed by atoms with E-state index in [-0.39, 0.29) is 5.75 Å². The number of carbonyl (C=O) groups is 1. The van der Waals surface area contributed by atoms with Crippen LogP contribution in [0.15, 0.2) is 41.8 Å². The highest BCUT2D eigenvalue weighted by molar-refractivity contribution is 8.00. The highest BCUT2D eigenvalue weighted by Gasteiger charge is 2.09. The summed E-state index contributed by atoms with van der Waals surface area (Å²) in [5.74, 6) is -0.905. The van der Waals surface area contributed by atoms with E-state index in [0.29, 0.717) is 10.0 Å². The molecule has 0 radical (unpaired) electrons. The Bertz CT molecular complexity index is 560. The zero-order valence-corrected chi connectivity index (χ0v) is 10.8. The quantitative estimate of drug-likeness (QED) is 0.689. The highest BCUT2D eigenvalue weighted by Crippen LogP contribution is 2.29. The predicted octanol–water partition coefficient (Wildman–Crippen LogP) is 2.97. The van der Waals surface area contributed by atoms with Gasteiger partial charge in [0.1, 0.15) is 11.4 Å². The number of aromatic nitrogens is 2. The van der Waals surface area contributed by atoms with Gasteiger partial charge in [-0.1, -0.05) is 35.5 Å². The van der Waals surface area contributed by atoms with Crippen molar-refractivity contribution >= 4 is 29.3 Å². The van der Waals surface area contributed by atoms with Crippen molar-refractivity contribution in [1.29, 1.82) is 0 Å². The van der Waals surface area contributed by atoms with Crippen molar-refractivity contribution in [1.82, 2.24) is 9.97 Å². The molecule has 0 amide bonds. The second-order valence-corrected chi connectivity index (χ2v) is 4.83. The highest BCUT2D eigenvalue weighted by atomic mass is 35.5. The van der Waals surface area contributed by atoms with Crippen LogP contribution in [0.2, 0.25) is 5.02 Å². The molecule has 18 heavy (non-hydrogen) atoms. The third kappa shape index (κ3) is 3.21. The number of nitrogens with zero attached hydrogens (tertiary/aromatic N) is 2. The summed E-state index contributed by atoms with van der Waals surface area (Å²) in [4.78, 5) is 18.7. The number of rotatable bonds is 4. The summed E-state index contributed by atoms with van der Waals surface area (Å²) in [6, 6.07) is 7.25. The summed E-state index contributed by atoms with van der Waals surface area (Å²) in [5.41, 5.74) is 1.72. The van der Waals surface area contributed by atoms with E-state index in [9.17, 15) is 4.79 Å². The lowest BCUT2D eigenvalue weighted by Crippen LogP contribution is -1.99. The fourth-order valence-electron chi connectivity index (χ4n) is 1.39. The molecule has 0 bridgehead atoms. The number of thioether (sulfide) groups is 1. The zero-order chi connectivity index (χ0) is 13.0. The third-order valence-electron chi connectivity index (χ3n) is 2.16. The van der Waals surface area contributed by atoms with Crippen molar-refractivity contribution in [2.45, 2.75) is 5.03 Å². The molecular formula is C12H9ClN2O2S. The lowest BCUT2D eigenvalue weighted by Gasteiger charge is -2.06. The Balaban J connectivity index is 2.32. The van der Waals surface area contributed by atoms with Crippen LogP contribution < -0.4 is 0 Å². The minimum atomic E-state index is -0.874. The molecular weight excluding hydrogens is 272 g/mol. The van der Waals surface area contributed by atoms with Gasteiger partial charge in [0.25, 0.3) is 0 Å². The van der Waals surface area contributed by atoms with Gasteiger partial charge in [0.05, 0.1) is 5.75 Å². The number of benzene rings is 1. The molecule has 0 saturated heterocycles. The molecule has 0 aliphatic heterocycles. The van der Waals surface area contributed by atoms with Gasteiger partial charge in [0.15, 0.2) is 0 Å². The van der Waals surface area contributed by atoms with Gasteiger partial charge < -0.3 is 5.11 Å². The molecule has 1 aromatic carbocycles. The molecule has 4 nitrogen and oxygen atoms in total. The van der Waals surface area contributed by atoms with Crippen LogP contribution in [0, 0.1) is 0 Å². The zero-order valence-electron chi connectivity index (χ0n) is 9.21. The van der Waals surface area contributed by atoms with Crippen molar-refractivity contribution in [3.05, 3.63) is 41.8 Å². The van der Waals surface area contributed by atoms with Gasteiger partial charge in [0, 0.05) is 16.8 Å². The molecule has 0 spiro atoms. The molecule has 2 rings (SSSR count). The van der Waals surface area contributed by atoms with Crippen LogP contribution in [0.4, 0.5) is 0 Å². The average molecular weight is 281 g/mol. The van der Waals surface area contributed by atoms with E-state index in [1.165, 1.54) is 18.1 Å². The van der Waals surface area contributed by atoms with Crippen LogP contribution in [0.5, 0.6) is 0 Å². The molecule has 92 valence electrons. The van der Waals surface area contributed by atoms with Crippen LogP contribution in [0.25, 0.3) is 11.1 Å². The van der Waals surface area contributed by atoms with E-state index in [1.54, 1.807) is 18.3 Å². The first-order valence-corrected chi connectivity index (χ1v) is 6.43. The summed E-state index contributed by atoms with van der Waals surface area (Å²) >= 11 is 7.00. The minimum Gasteiger partial charge on any atom is -0.481 e. The first kappa shape index (κ1) is 12.9. The standard InChI is InChI=1S/C12H9ClN2O2S/c13-9-3-1-8(2-4-9)10-5-14-7-15-12(10)18-6-11(16)17/h1-5,7H,6H2,(H,16,17). The number of hydrogen-bond donors (Lipinski definition) is 1. The third-order valence-corrected chi connectivity index (χ3v) is 3.41. The Morgan fingerprint density at radius 2 is 2.06 bits per heavy atom. The second-order valence-electron chi connectivity index (χ2n) is 3.43. The summed E-state index contributed by atoms with van der Waals surface area (Å²) in [5, 5.41) is 9.99. The maximum Gasteiger partial charge on any atom is 0.313 e. The lowest BCUT2D eigenvalue weighted by molar-refractivity contribution is -0.133. The first-order chi connectivity index (χ1) is 8.66. The molecule has 1 N–H and O–H groups in total. The molecule has 1 heterocycles. The fraction of sp³-hybridized carbons (Fsp3) is 0.0833.